The summed E-state index contributed by atoms with van der Waals surface area (Å²) < 4.78 is 5.35. The third-order valence-electron chi connectivity index (χ3n) is 3.67. The van der Waals surface area contributed by atoms with Crippen LogP contribution < -0.4 is 15.8 Å². The van der Waals surface area contributed by atoms with Crippen molar-refractivity contribution in [2.75, 3.05) is 26.7 Å². The molecule has 0 radical (unpaired) electrons. The zero-order valence-corrected chi connectivity index (χ0v) is 18.1. The minimum Gasteiger partial charge on any atom is -0.497 e. The highest BCUT2D eigenvalue weighted by Crippen LogP contribution is 2.24. The number of hydrogen-bond acceptors (Lipinski definition) is 3. The Labute approximate surface area is 164 Å². The summed E-state index contributed by atoms with van der Waals surface area (Å²) in [7, 11) is 1.69. The average molecular weight is 448 g/mol. The molecule has 0 aliphatic carbocycles. The van der Waals surface area contributed by atoms with Crippen LogP contribution in [0.4, 0.5) is 0 Å². The molecular weight excluding hydrogens is 415 g/mol. The van der Waals surface area contributed by atoms with Crippen LogP contribution in [-0.4, -0.2) is 43.1 Å². The third-order valence-corrected chi connectivity index (χ3v) is 3.67. The van der Waals surface area contributed by atoms with E-state index in [0.29, 0.717) is 12.5 Å². The smallest absolute Gasteiger partial charge is 0.189 e. The number of nitrogens with two attached hydrogens (primary N) is 1. The summed E-state index contributed by atoms with van der Waals surface area (Å²) in [4.78, 5) is 6.94. The molecule has 5 nitrogen and oxygen atoms in total. The Balaban J connectivity index is 0.00000529. The first kappa shape index (κ1) is 23.0. The number of benzene rings is 1. The van der Waals surface area contributed by atoms with Crippen LogP contribution in [0.25, 0.3) is 0 Å². The molecule has 0 amide bonds. The zero-order chi connectivity index (χ0) is 17.5. The van der Waals surface area contributed by atoms with Gasteiger partial charge in [-0.1, -0.05) is 26.0 Å². The second kappa shape index (κ2) is 10.8. The Bertz CT molecular complexity index is 510. The Morgan fingerprint density at radius 3 is 2.42 bits per heavy atom. The number of nitrogens with zero attached hydrogens (tertiary/aromatic N) is 2. The first-order chi connectivity index (χ1) is 10.8. The van der Waals surface area contributed by atoms with Gasteiger partial charge in [0.15, 0.2) is 5.96 Å². The summed E-state index contributed by atoms with van der Waals surface area (Å²) in [6, 6.07) is 8.35. The van der Waals surface area contributed by atoms with Gasteiger partial charge in [0.25, 0.3) is 0 Å². The minimum absolute atomic E-state index is 0. The predicted octanol–water partition coefficient (Wildman–Crippen LogP) is 3.40. The highest BCUT2D eigenvalue weighted by molar-refractivity contribution is 14.0. The van der Waals surface area contributed by atoms with Gasteiger partial charge in [0.05, 0.1) is 19.7 Å². The molecule has 0 fully saturated rings. The van der Waals surface area contributed by atoms with Crippen LogP contribution in [0.2, 0.25) is 0 Å². The third kappa shape index (κ3) is 7.70. The highest BCUT2D eigenvalue weighted by Gasteiger charge is 2.19. The topological polar surface area (TPSA) is 62.9 Å². The van der Waals surface area contributed by atoms with Crippen LogP contribution in [-0.2, 0) is 0 Å². The molecular formula is C18H33IN4O. The van der Waals surface area contributed by atoms with Crippen LogP contribution in [0.15, 0.2) is 29.3 Å². The summed E-state index contributed by atoms with van der Waals surface area (Å²) in [6.07, 6.45) is 0. The molecule has 1 aromatic rings. The molecule has 6 heteroatoms. The van der Waals surface area contributed by atoms with Gasteiger partial charge in [-0.15, -0.1) is 24.0 Å². The molecule has 0 spiro atoms. The molecule has 24 heavy (non-hydrogen) atoms. The Kier molecular flexibility index (Phi) is 10.3. The molecule has 1 unspecified atom stereocenters. The maximum absolute atomic E-state index is 6.02. The average Bonchev–Trinajstić information content (AvgIpc) is 2.49. The summed E-state index contributed by atoms with van der Waals surface area (Å²) in [5.74, 6) is 1.35. The van der Waals surface area contributed by atoms with Gasteiger partial charge in [-0.3, -0.25) is 9.89 Å². The lowest BCUT2D eigenvalue weighted by molar-refractivity contribution is 0.224. The monoisotopic (exact) mass is 448 g/mol. The van der Waals surface area contributed by atoms with Crippen LogP contribution in [0.5, 0.6) is 5.75 Å². The predicted molar refractivity (Wildman–Crippen MR) is 113 cm³/mol. The molecule has 0 saturated heterocycles. The minimum atomic E-state index is -0.0890. The number of likely N-dealkylation sites (N-methyl/N-ethyl adjacent to an activating group) is 1. The van der Waals surface area contributed by atoms with E-state index >= 15 is 0 Å². The highest BCUT2D eigenvalue weighted by atomic mass is 127. The fourth-order valence-corrected chi connectivity index (χ4v) is 2.55. The van der Waals surface area contributed by atoms with Crippen molar-refractivity contribution in [3.63, 3.8) is 0 Å². The van der Waals surface area contributed by atoms with Gasteiger partial charge in [-0.25, -0.2) is 0 Å². The molecule has 0 bridgehead atoms. The Hall–Kier alpha value is -1.02. The lowest BCUT2D eigenvalue weighted by Crippen LogP contribution is -2.45. The maximum Gasteiger partial charge on any atom is 0.189 e. The van der Waals surface area contributed by atoms with Gasteiger partial charge >= 0.3 is 0 Å². The first-order valence-corrected chi connectivity index (χ1v) is 8.26. The van der Waals surface area contributed by atoms with Crippen molar-refractivity contribution in [2.24, 2.45) is 10.7 Å². The Morgan fingerprint density at radius 2 is 1.92 bits per heavy atom. The lowest BCUT2D eigenvalue weighted by atomic mass is 10.0. The van der Waals surface area contributed by atoms with E-state index in [2.05, 4.69) is 62.0 Å². The number of nitrogens with one attached hydrogen (secondary N) is 1. The van der Waals surface area contributed by atoms with Crippen molar-refractivity contribution in [1.29, 1.82) is 0 Å². The number of hydrogen-bond donors (Lipinski definition) is 2. The molecule has 0 aliphatic heterocycles. The van der Waals surface area contributed by atoms with E-state index in [1.165, 1.54) is 5.56 Å². The van der Waals surface area contributed by atoms with Gasteiger partial charge in [0, 0.05) is 5.54 Å². The standard InChI is InChI=1S/C18H32N4O.HI/c1-7-22(8-2)16(13-20-17(19)21-18(3,4)5)14-10-9-11-15(12-14)23-6;/h9-12,16H,7-8,13H2,1-6H3,(H3,19,20,21);1H. The lowest BCUT2D eigenvalue weighted by Gasteiger charge is -2.29. The van der Waals surface area contributed by atoms with E-state index in [4.69, 9.17) is 10.5 Å². The molecule has 0 heterocycles. The fourth-order valence-electron chi connectivity index (χ4n) is 2.55. The summed E-state index contributed by atoms with van der Waals surface area (Å²) in [5, 5.41) is 3.21. The SMILES string of the molecule is CCN(CC)C(CN=C(N)NC(C)(C)C)c1cccc(OC)c1.I. The normalized spacial score (nSPS) is 13.4. The van der Waals surface area contributed by atoms with E-state index in [9.17, 15) is 0 Å². The second-order valence-electron chi connectivity index (χ2n) is 6.61. The van der Waals surface area contributed by atoms with Crippen LogP contribution in [0, 0.1) is 0 Å². The molecule has 3 N–H and O–H groups in total. The fraction of sp³-hybridized carbons (Fsp3) is 0.611. The van der Waals surface area contributed by atoms with E-state index in [1.807, 2.05) is 12.1 Å². The van der Waals surface area contributed by atoms with Gasteiger partial charge in [-0.05, 0) is 51.6 Å². The molecule has 1 atom stereocenters. The molecule has 0 aromatic heterocycles. The first-order valence-electron chi connectivity index (χ1n) is 8.26. The van der Waals surface area contributed by atoms with E-state index in [-0.39, 0.29) is 35.6 Å². The van der Waals surface area contributed by atoms with Crippen molar-refractivity contribution in [3.8, 4) is 5.75 Å². The second-order valence-corrected chi connectivity index (χ2v) is 6.61. The number of methoxy groups -OCH3 is 1. The maximum atomic E-state index is 6.02. The molecule has 138 valence electrons. The van der Waals surface area contributed by atoms with Crippen molar-refractivity contribution in [1.82, 2.24) is 10.2 Å². The van der Waals surface area contributed by atoms with Gasteiger partial charge in [-0.2, -0.15) is 0 Å². The van der Waals surface area contributed by atoms with E-state index in [0.717, 1.165) is 18.8 Å². The van der Waals surface area contributed by atoms with Crippen molar-refractivity contribution >= 4 is 29.9 Å². The van der Waals surface area contributed by atoms with Crippen LogP contribution in [0.3, 0.4) is 0 Å². The molecule has 0 aliphatic rings. The number of aliphatic imine (C=N–C) groups is 1. The van der Waals surface area contributed by atoms with Crippen LogP contribution in [0.1, 0.15) is 46.2 Å². The van der Waals surface area contributed by atoms with Gasteiger partial charge < -0.3 is 15.8 Å². The molecule has 1 rings (SSSR count). The van der Waals surface area contributed by atoms with Crippen molar-refractivity contribution < 1.29 is 4.74 Å². The molecule has 1 aromatic carbocycles. The van der Waals surface area contributed by atoms with Crippen molar-refractivity contribution in [3.05, 3.63) is 29.8 Å². The van der Waals surface area contributed by atoms with Crippen LogP contribution >= 0.6 is 24.0 Å². The quantitative estimate of drug-likeness (QED) is 0.381. The summed E-state index contributed by atoms with van der Waals surface area (Å²) in [6.45, 7) is 13.1. The van der Waals surface area contributed by atoms with E-state index in [1.54, 1.807) is 7.11 Å². The Morgan fingerprint density at radius 1 is 1.29 bits per heavy atom. The summed E-state index contributed by atoms with van der Waals surface area (Å²) >= 11 is 0. The summed E-state index contributed by atoms with van der Waals surface area (Å²) in [5.41, 5.74) is 7.13. The van der Waals surface area contributed by atoms with Crippen molar-refractivity contribution in [2.45, 2.75) is 46.2 Å². The largest absolute Gasteiger partial charge is 0.497 e. The van der Waals surface area contributed by atoms with Gasteiger partial charge in [0.2, 0.25) is 0 Å². The number of halogens is 1. The number of rotatable bonds is 7. The van der Waals surface area contributed by atoms with E-state index < -0.39 is 0 Å². The zero-order valence-electron chi connectivity index (χ0n) is 15.8. The number of guanidine groups is 1. The number of ether oxygens (including phenoxy) is 1. The van der Waals surface area contributed by atoms with Gasteiger partial charge in [0.1, 0.15) is 5.75 Å². The molecule has 0 saturated carbocycles.